The van der Waals surface area contributed by atoms with E-state index in [1.54, 1.807) is 0 Å². The molecule has 1 atom stereocenters. The van der Waals surface area contributed by atoms with Crippen LogP contribution in [0, 0.1) is 5.92 Å². The maximum atomic E-state index is 12.9. The van der Waals surface area contributed by atoms with Gasteiger partial charge in [0.15, 0.2) is 0 Å². The van der Waals surface area contributed by atoms with Crippen molar-refractivity contribution in [3.05, 3.63) is 0 Å². The first-order valence-electron chi connectivity index (χ1n) is 8.08. The van der Waals surface area contributed by atoms with Crippen LogP contribution >= 0.6 is 0 Å². The molecule has 0 aromatic rings. The molecule has 114 valence electrons. The minimum atomic E-state index is -0.728. The molecule has 1 saturated carbocycles. The van der Waals surface area contributed by atoms with Crippen molar-refractivity contribution in [2.75, 3.05) is 6.54 Å². The molecule has 4 heteroatoms. The summed E-state index contributed by atoms with van der Waals surface area (Å²) in [6.07, 6.45) is 5.62. The van der Waals surface area contributed by atoms with Crippen LogP contribution in [0.5, 0.6) is 0 Å². The normalized spacial score (nSPS) is 29.5. The van der Waals surface area contributed by atoms with Gasteiger partial charge in [-0.2, -0.15) is 0 Å². The van der Waals surface area contributed by atoms with E-state index in [-0.39, 0.29) is 11.8 Å². The standard InChI is InChI=1S/C16H28N2O2/c1-5-15(4)14(20)18(11-10-12-8-9-12)16(6-2,7-3)13(19)17-15/h12H,5-11H2,1-4H3,(H,17,19). The smallest absolute Gasteiger partial charge is 0.248 e. The summed E-state index contributed by atoms with van der Waals surface area (Å²) in [5.41, 5.74) is -1.37. The second-order valence-corrected chi connectivity index (χ2v) is 6.57. The zero-order chi connectivity index (χ0) is 15.0. The quantitative estimate of drug-likeness (QED) is 0.812. The Labute approximate surface area is 122 Å². The molecule has 20 heavy (non-hydrogen) atoms. The molecule has 0 radical (unpaired) electrons. The van der Waals surface area contributed by atoms with Crippen molar-refractivity contribution in [2.45, 2.75) is 77.3 Å². The van der Waals surface area contributed by atoms with Gasteiger partial charge in [0.25, 0.3) is 0 Å². The van der Waals surface area contributed by atoms with Crippen molar-refractivity contribution in [1.29, 1.82) is 0 Å². The first-order valence-corrected chi connectivity index (χ1v) is 8.08. The lowest BCUT2D eigenvalue weighted by Crippen LogP contribution is -2.74. The summed E-state index contributed by atoms with van der Waals surface area (Å²) in [5, 5.41) is 2.99. The van der Waals surface area contributed by atoms with E-state index in [2.05, 4.69) is 5.32 Å². The number of hydrogen-bond acceptors (Lipinski definition) is 2. The van der Waals surface area contributed by atoms with Crippen molar-refractivity contribution in [2.24, 2.45) is 5.92 Å². The molecular formula is C16H28N2O2. The number of nitrogens with zero attached hydrogens (tertiary/aromatic N) is 1. The lowest BCUT2D eigenvalue weighted by Gasteiger charge is -2.51. The molecule has 0 aromatic heterocycles. The van der Waals surface area contributed by atoms with Gasteiger partial charge in [-0.1, -0.05) is 33.6 Å². The monoisotopic (exact) mass is 280 g/mol. The van der Waals surface area contributed by atoms with Crippen LogP contribution in [-0.2, 0) is 9.59 Å². The van der Waals surface area contributed by atoms with Crippen LogP contribution in [0.2, 0.25) is 0 Å². The van der Waals surface area contributed by atoms with Crippen LogP contribution in [0.1, 0.15) is 66.2 Å². The molecular weight excluding hydrogens is 252 g/mol. The first-order chi connectivity index (χ1) is 9.43. The van der Waals surface area contributed by atoms with E-state index in [1.807, 2.05) is 32.6 Å². The Balaban J connectivity index is 2.29. The minimum absolute atomic E-state index is 0.0299. The Morgan fingerprint density at radius 3 is 2.20 bits per heavy atom. The van der Waals surface area contributed by atoms with E-state index in [0.29, 0.717) is 19.3 Å². The van der Waals surface area contributed by atoms with Gasteiger partial charge in [-0.15, -0.1) is 0 Å². The van der Waals surface area contributed by atoms with E-state index in [4.69, 9.17) is 0 Å². The van der Waals surface area contributed by atoms with Gasteiger partial charge < -0.3 is 10.2 Å². The van der Waals surface area contributed by atoms with E-state index in [0.717, 1.165) is 18.9 Å². The fraction of sp³-hybridized carbons (Fsp3) is 0.875. The predicted octanol–water partition coefficient (Wildman–Crippen LogP) is 2.47. The number of amides is 2. The molecule has 1 aliphatic carbocycles. The second kappa shape index (κ2) is 5.38. The fourth-order valence-corrected chi connectivity index (χ4v) is 3.26. The number of nitrogens with one attached hydrogen (secondary N) is 1. The number of hydrogen-bond donors (Lipinski definition) is 1. The Bertz CT molecular complexity index is 399. The summed E-state index contributed by atoms with van der Waals surface area (Å²) in [5.74, 6) is 0.901. The zero-order valence-electron chi connectivity index (χ0n) is 13.3. The van der Waals surface area contributed by atoms with E-state index in [9.17, 15) is 9.59 Å². The third-order valence-corrected chi connectivity index (χ3v) is 5.38. The molecule has 2 rings (SSSR count). The number of rotatable bonds is 6. The molecule has 0 spiro atoms. The Morgan fingerprint density at radius 2 is 1.75 bits per heavy atom. The second-order valence-electron chi connectivity index (χ2n) is 6.57. The molecule has 1 heterocycles. The Kier molecular flexibility index (Phi) is 4.12. The first kappa shape index (κ1) is 15.3. The van der Waals surface area contributed by atoms with Gasteiger partial charge in [-0.05, 0) is 38.5 Å². The molecule has 2 aliphatic rings. The molecule has 2 amide bonds. The van der Waals surface area contributed by atoms with Crippen LogP contribution in [0.25, 0.3) is 0 Å². The van der Waals surface area contributed by atoms with Crippen LogP contribution in [-0.4, -0.2) is 34.3 Å². The van der Waals surface area contributed by atoms with Crippen molar-refractivity contribution < 1.29 is 9.59 Å². The van der Waals surface area contributed by atoms with Crippen molar-refractivity contribution in [3.63, 3.8) is 0 Å². The molecule has 1 N–H and O–H groups in total. The summed E-state index contributed by atoms with van der Waals surface area (Å²) in [7, 11) is 0. The van der Waals surface area contributed by atoms with E-state index < -0.39 is 11.1 Å². The largest absolute Gasteiger partial charge is 0.340 e. The fourth-order valence-electron chi connectivity index (χ4n) is 3.26. The van der Waals surface area contributed by atoms with Gasteiger partial charge >= 0.3 is 0 Å². The molecule has 1 saturated heterocycles. The lowest BCUT2D eigenvalue weighted by molar-refractivity contribution is -0.163. The highest BCUT2D eigenvalue weighted by Gasteiger charge is 2.54. The van der Waals surface area contributed by atoms with Crippen LogP contribution in [0.3, 0.4) is 0 Å². The Hall–Kier alpha value is -1.06. The summed E-state index contributed by atoms with van der Waals surface area (Å²) in [6, 6.07) is 0. The number of piperazine rings is 1. The highest BCUT2D eigenvalue weighted by Crippen LogP contribution is 2.37. The van der Waals surface area contributed by atoms with E-state index >= 15 is 0 Å². The molecule has 4 nitrogen and oxygen atoms in total. The number of carbonyl (C=O) groups excluding carboxylic acids is 2. The van der Waals surface area contributed by atoms with Crippen molar-refractivity contribution in [1.82, 2.24) is 10.2 Å². The van der Waals surface area contributed by atoms with Crippen LogP contribution < -0.4 is 5.32 Å². The van der Waals surface area contributed by atoms with Crippen LogP contribution in [0.4, 0.5) is 0 Å². The third kappa shape index (κ3) is 2.33. The minimum Gasteiger partial charge on any atom is -0.340 e. The highest BCUT2D eigenvalue weighted by atomic mass is 16.2. The zero-order valence-corrected chi connectivity index (χ0v) is 13.3. The average Bonchev–Trinajstić information content (AvgIpc) is 3.26. The van der Waals surface area contributed by atoms with Gasteiger partial charge in [-0.25, -0.2) is 0 Å². The topological polar surface area (TPSA) is 49.4 Å². The van der Waals surface area contributed by atoms with Gasteiger partial charge in [-0.3, -0.25) is 9.59 Å². The Morgan fingerprint density at radius 1 is 1.15 bits per heavy atom. The maximum absolute atomic E-state index is 12.9. The van der Waals surface area contributed by atoms with Crippen molar-refractivity contribution in [3.8, 4) is 0 Å². The van der Waals surface area contributed by atoms with E-state index in [1.165, 1.54) is 12.8 Å². The maximum Gasteiger partial charge on any atom is 0.248 e. The van der Waals surface area contributed by atoms with Crippen molar-refractivity contribution >= 4 is 11.8 Å². The van der Waals surface area contributed by atoms with Gasteiger partial charge in [0.2, 0.25) is 11.8 Å². The van der Waals surface area contributed by atoms with Gasteiger partial charge in [0.05, 0.1) is 0 Å². The predicted molar refractivity (Wildman–Crippen MR) is 79.2 cm³/mol. The number of carbonyl (C=O) groups is 2. The lowest BCUT2D eigenvalue weighted by atomic mass is 9.81. The molecule has 0 aromatic carbocycles. The van der Waals surface area contributed by atoms with Crippen LogP contribution in [0.15, 0.2) is 0 Å². The average molecular weight is 280 g/mol. The van der Waals surface area contributed by atoms with Gasteiger partial charge in [0, 0.05) is 6.54 Å². The molecule has 1 unspecified atom stereocenters. The van der Waals surface area contributed by atoms with Gasteiger partial charge in [0.1, 0.15) is 11.1 Å². The molecule has 2 fully saturated rings. The summed E-state index contributed by atoms with van der Waals surface area (Å²) < 4.78 is 0. The summed E-state index contributed by atoms with van der Waals surface area (Å²) in [4.78, 5) is 27.5. The molecule has 1 aliphatic heterocycles. The highest BCUT2D eigenvalue weighted by molar-refractivity contribution is 6.02. The third-order valence-electron chi connectivity index (χ3n) is 5.38. The SMILES string of the molecule is CCC1(C)NC(=O)C(CC)(CC)N(CCC2CC2)C1=O. The summed E-state index contributed by atoms with van der Waals surface area (Å²) in [6.45, 7) is 8.56. The summed E-state index contributed by atoms with van der Waals surface area (Å²) >= 11 is 0. The molecule has 0 bridgehead atoms.